The van der Waals surface area contributed by atoms with Gasteiger partial charge < -0.3 is 0 Å². The number of hydrogen-bond donors (Lipinski definition) is 0. The summed E-state index contributed by atoms with van der Waals surface area (Å²) < 4.78 is 26.5. The summed E-state index contributed by atoms with van der Waals surface area (Å²) in [6.07, 6.45) is 0.370. The van der Waals surface area contributed by atoms with Gasteiger partial charge in [-0.1, -0.05) is 19.1 Å². The molecule has 18 heavy (non-hydrogen) atoms. The van der Waals surface area contributed by atoms with Crippen molar-refractivity contribution in [3.05, 3.63) is 59.7 Å². The van der Waals surface area contributed by atoms with Crippen LogP contribution in [0.2, 0.25) is 0 Å². The van der Waals surface area contributed by atoms with Gasteiger partial charge in [0, 0.05) is 17.5 Å². The van der Waals surface area contributed by atoms with E-state index < -0.39 is 5.82 Å². The number of carbonyl (C=O) groups is 1. The molecule has 0 N–H and O–H groups in total. The number of halogens is 2. The first-order valence-electron chi connectivity index (χ1n) is 5.70. The number of ketones is 1. The third-order valence-electron chi connectivity index (χ3n) is 2.76. The van der Waals surface area contributed by atoms with Crippen LogP contribution in [0.5, 0.6) is 0 Å². The first-order valence-corrected chi connectivity index (χ1v) is 5.70. The summed E-state index contributed by atoms with van der Waals surface area (Å²) in [5.41, 5.74) is 1.34. The average Bonchev–Trinajstić information content (AvgIpc) is 2.39. The van der Waals surface area contributed by atoms with Gasteiger partial charge in [0.2, 0.25) is 0 Å². The van der Waals surface area contributed by atoms with E-state index in [4.69, 9.17) is 0 Å². The molecule has 0 spiro atoms. The van der Waals surface area contributed by atoms with Crippen molar-refractivity contribution < 1.29 is 13.6 Å². The molecule has 1 nitrogen and oxygen atoms in total. The van der Waals surface area contributed by atoms with Gasteiger partial charge in [-0.25, -0.2) is 8.78 Å². The molecule has 0 saturated carbocycles. The molecule has 0 heterocycles. The van der Waals surface area contributed by atoms with E-state index in [1.54, 1.807) is 6.92 Å². The highest BCUT2D eigenvalue weighted by molar-refractivity contribution is 5.97. The summed E-state index contributed by atoms with van der Waals surface area (Å²) in [5.74, 6) is -0.840. The first-order chi connectivity index (χ1) is 8.61. The molecule has 2 rings (SSSR count). The normalized spacial score (nSPS) is 10.4. The van der Waals surface area contributed by atoms with Crippen molar-refractivity contribution in [3.63, 3.8) is 0 Å². The molecule has 0 amide bonds. The molecule has 2 aromatic rings. The maximum Gasteiger partial charge on any atom is 0.162 e. The monoisotopic (exact) mass is 246 g/mol. The molecule has 0 bridgehead atoms. The molecule has 0 fully saturated rings. The molecule has 0 radical (unpaired) electrons. The highest BCUT2D eigenvalue weighted by Crippen LogP contribution is 2.24. The summed E-state index contributed by atoms with van der Waals surface area (Å²) in [6, 6.07) is 9.76. The number of benzene rings is 2. The van der Waals surface area contributed by atoms with Crippen molar-refractivity contribution >= 4 is 5.78 Å². The lowest BCUT2D eigenvalue weighted by atomic mass is 10.00. The first kappa shape index (κ1) is 12.4. The molecule has 92 valence electrons. The lowest BCUT2D eigenvalue weighted by Crippen LogP contribution is -1.98. The molecule has 0 unspecified atom stereocenters. The minimum absolute atomic E-state index is 0.0432. The quantitative estimate of drug-likeness (QED) is 0.741. The number of rotatable bonds is 3. The van der Waals surface area contributed by atoms with Crippen LogP contribution in [0.25, 0.3) is 11.1 Å². The standard InChI is InChI=1S/C15H12F2O/c1-2-15(18)11-5-8-14(17)13(9-11)10-3-6-12(16)7-4-10/h3-9H,2H2,1H3. The molecular weight excluding hydrogens is 234 g/mol. The van der Waals surface area contributed by atoms with E-state index in [-0.39, 0.29) is 11.6 Å². The zero-order valence-electron chi connectivity index (χ0n) is 9.91. The summed E-state index contributed by atoms with van der Waals surface area (Å²) in [6.45, 7) is 1.75. The van der Waals surface area contributed by atoms with Crippen LogP contribution in [-0.4, -0.2) is 5.78 Å². The van der Waals surface area contributed by atoms with Crippen molar-refractivity contribution in [1.29, 1.82) is 0 Å². The molecule has 0 atom stereocenters. The van der Waals surface area contributed by atoms with E-state index in [2.05, 4.69) is 0 Å². The van der Waals surface area contributed by atoms with Gasteiger partial charge in [0.15, 0.2) is 5.78 Å². The van der Waals surface area contributed by atoms with E-state index >= 15 is 0 Å². The second-order valence-electron chi connectivity index (χ2n) is 3.98. The van der Waals surface area contributed by atoms with Crippen LogP contribution in [0, 0.1) is 11.6 Å². The zero-order valence-corrected chi connectivity index (χ0v) is 9.91. The van der Waals surface area contributed by atoms with Crippen molar-refractivity contribution in [3.8, 4) is 11.1 Å². The number of carbonyl (C=O) groups excluding carboxylic acids is 1. The van der Waals surface area contributed by atoms with Gasteiger partial charge in [-0.3, -0.25) is 4.79 Å². The minimum Gasteiger partial charge on any atom is -0.294 e. The van der Waals surface area contributed by atoms with Crippen LogP contribution in [0.1, 0.15) is 23.7 Å². The lowest BCUT2D eigenvalue weighted by molar-refractivity contribution is 0.0988. The van der Waals surface area contributed by atoms with Gasteiger partial charge in [-0.15, -0.1) is 0 Å². The largest absolute Gasteiger partial charge is 0.294 e. The number of hydrogen-bond acceptors (Lipinski definition) is 1. The zero-order chi connectivity index (χ0) is 13.1. The van der Waals surface area contributed by atoms with E-state index in [0.717, 1.165) is 0 Å². The predicted molar refractivity (Wildman–Crippen MR) is 66.4 cm³/mol. The minimum atomic E-state index is -0.422. The van der Waals surface area contributed by atoms with Crippen molar-refractivity contribution in [1.82, 2.24) is 0 Å². The third kappa shape index (κ3) is 2.45. The van der Waals surface area contributed by atoms with Crippen LogP contribution in [0.4, 0.5) is 8.78 Å². The van der Waals surface area contributed by atoms with Crippen LogP contribution in [-0.2, 0) is 0 Å². The molecule has 0 aliphatic heterocycles. The van der Waals surface area contributed by atoms with Crippen LogP contribution in [0.15, 0.2) is 42.5 Å². The summed E-state index contributed by atoms with van der Waals surface area (Å²) in [7, 11) is 0. The van der Waals surface area contributed by atoms with E-state index in [1.165, 1.54) is 42.5 Å². The van der Waals surface area contributed by atoms with Gasteiger partial charge in [0.1, 0.15) is 11.6 Å². The summed E-state index contributed by atoms with van der Waals surface area (Å²) >= 11 is 0. The van der Waals surface area contributed by atoms with Crippen LogP contribution < -0.4 is 0 Å². The summed E-state index contributed by atoms with van der Waals surface area (Å²) in [4.78, 5) is 11.6. The van der Waals surface area contributed by atoms with Crippen molar-refractivity contribution in [2.75, 3.05) is 0 Å². The fraction of sp³-hybridized carbons (Fsp3) is 0.133. The fourth-order valence-corrected chi connectivity index (χ4v) is 1.75. The Kier molecular flexibility index (Phi) is 3.51. The van der Waals surface area contributed by atoms with E-state index in [9.17, 15) is 13.6 Å². The smallest absolute Gasteiger partial charge is 0.162 e. The summed E-state index contributed by atoms with van der Waals surface area (Å²) in [5, 5.41) is 0. The molecular formula is C15H12F2O. The average molecular weight is 246 g/mol. The molecule has 0 saturated heterocycles. The molecule has 3 heteroatoms. The Bertz CT molecular complexity index is 574. The number of Topliss-reactive ketones (excluding diaryl/α,β-unsaturated/α-hetero) is 1. The second kappa shape index (κ2) is 5.08. The molecule has 0 aliphatic carbocycles. The van der Waals surface area contributed by atoms with E-state index in [0.29, 0.717) is 23.1 Å². The van der Waals surface area contributed by atoms with Crippen LogP contribution in [0.3, 0.4) is 0 Å². The Balaban J connectivity index is 2.49. The molecule has 0 aliphatic rings. The maximum absolute atomic E-state index is 13.7. The van der Waals surface area contributed by atoms with Gasteiger partial charge >= 0.3 is 0 Å². The Morgan fingerprint density at radius 1 is 1.06 bits per heavy atom. The SMILES string of the molecule is CCC(=O)c1ccc(F)c(-c2ccc(F)cc2)c1. The Labute approximate surface area is 104 Å². The van der Waals surface area contributed by atoms with Gasteiger partial charge in [0.25, 0.3) is 0 Å². The molecule has 0 aromatic heterocycles. The van der Waals surface area contributed by atoms with Gasteiger partial charge in [0.05, 0.1) is 0 Å². The topological polar surface area (TPSA) is 17.1 Å². The maximum atomic E-state index is 13.7. The van der Waals surface area contributed by atoms with Gasteiger partial charge in [-0.2, -0.15) is 0 Å². The predicted octanol–water partition coefficient (Wildman–Crippen LogP) is 4.22. The highest BCUT2D eigenvalue weighted by atomic mass is 19.1. The Hall–Kier alpha value is -2.03. The lowest BCUT2D eigenvalue weighted by Gasteiger charge is -2.06. The van der Waals surface area contributed by atoms with Crippen molar-refractivity contribution in [2.24, 2.45) is 0 Å². The second-order valence-corrected chi connectivity index (χ2v) is 3.98. The highest BCUT2D eigenvalue weighted by Gasteiger charge is 2.10. The van der Waals surface area contributed by atoms with Crippen LogP contribution >= 0.6 is 0 Å². The molecule has 2 aromatic carbocycles. The van der Waals surface area contributed by atoms with Crippen molar-refractivity contribution in [2.45, 2.75) is 13.3 Å². The fourth-order valence-electron chi connectivity index (χ4n) is 1.75. The third-order valence-corrected chi connectivity index (χ3v) is 2.76. The Morgan fingerprint density at radius 2 is 1.72 bits per heavy atom. The Morgan fingerprint density at radius 3 is 2.33 bits per heavy atom. The van der Waals surface area contributed by atoms with Gasteiger partial charge in [-0.05, 0) is 35.9 Å². The van der Waals surface area contributed by atoms with E-state index in [1.807, 2.05) is 0 Å².